The molecule has 1 aromatic carbocycles. The first-order chi connectivity index (χ1) is 10.1. The van der Waals surface area contributed by atoms with Crippen LogP contribution in [0.2, 0.25) is 0 Å². The van der Waals surface area contributed by atoms with Crippen LogP contribution < -0.4 is 4.74 Å². The Morgan fingerprint density at radius 2 is 1.86 bits per heavy atom. The van der Waals surface area contributed by atoms with Gasteiger partial charge in [0.1, 0.15) is 5.75 Å². The average Bonchev–Trinajstić information content (AvgIpc) is 2.36. The smallest absolute Gasteiger partial charge is 0.405 e. The van der Waals surface area contributed by atoms with Crippen molar-refractivity contribution in [1.29, 1.82) is 0 Å². The maximum atomic E-state index is 12.5. The number of piperidine rings is 1. The second-order valence-electron chi connectivity index (χ2n) is 6.14. The second kappa shape index (κ2) is 6.10. The molecule has 1 heterocycles. The molecule has 0 atom stereocenters. The highest BCUT2D eigenvalue weighted by atomic mass is 79.9. The summed E-state index contributed by atoms with van der Waals surface area (Å²) in [5.41, 5.74) is 0.0853. The van der Waals surface area contributed by atoms with Crippen LogP contribution >= 0.6 is 15.9 Å². The predicted octanol–water partition coefficient (Wildman–Crippen LogP) is 4.61. The number of nitrogens with zero attached hydrogens (tertiary/aromatic N) is 1. The van der Waals surface area contributed by atoms with Crippen molar-refractivity contribution in [3.8, 4) is 5.75 Å². The molecule has 0 spiro atoms. The summed E-state index contributed by atoms with van der Waals surface area (Å²) in [6, 6.07) is 4.05. The predicted molar refractivity (Wildman–Crippen MR) is 79.7 cm³/mol. The Kier molecular flexibility index (Phi) is 4.75. The Morgan fingerprint density at radius 1 is 1.27 bits per heavy atom. The lowest BCUT2D eigenvalue weighted by Gasteiger charge is -2.37. The molecule has 1 fully saturated rings. The number of carbonyl (C=O) groups is 1. The quantitative estimate of drug-likeness (QED) is 0.750. The third kappa shape index (κ3) is 4.38. The number of amides is 1. The highest BCUT2D eigenvalue weighted by Gasteiger charge is 2.35. The van der Waals surface area contributed by atoms with Crippen LogP contribution in [-0.2, 0) is 0 Å². The Hall–Kier alpha value is -1.24. The summed E-state index contributed by atoms with van der Waals surface area (Å²) >= 11 is 3.09. The summed E-state index contributed by atoms with van der Waals surface area (Å²) in [5.74, 6) is -0.904. The lowest BCUT2D eigenvalue weighted by Crippen LogP contribution is -2.41. The van der Waals surface area contributed by atoms with Gasteiger partial charge in [0.05, 0.1) is 5.56 Å². The number of ether oxygens (including phenoxy) is 1. The molecular formula is C15H17BrF3NO2. The third-order valence-corrected chi connectivity index (χ3v) is 4.30. The number of rotatable bonds is 2. The number of benzene rings is 1. The van der Waals surface area contributed by atoms with Gasteiger partial charge in [0.25, 0.3) is 5.91 Å². The molecule has 22 heavy (non-hydrogen) atoms. The van der Waals surface area contributed by atoms with Crippen molar-refractivity contribution in [2.24, 2.45) is 5.41 Å². The molecule has 0 unspecified atom stereocenters. The van der Waals surface area contributed by atoms with E-state index >= 15 is 0 Å². The van der Waals surface area contributed by atoms with E-state index in [1.165, 1.54) is 12.1 Å². The van der Waals surface area contributed by atoms with E-state index in [2.05, 4.69) is 34.5 Å². The topological polar surface area (TPSA) is 29.5 Å². The zero-order chi connectivity index (χ0) is 16.5. The Bertz CT molecular complexity index is 562. The van der Waals surface area contributed by atoms with Gasteiger partial charge in [0, 0.05) is 17.6 Å². The van der Waals surface area contributed by atoms with Gasteiger partial charge in [-0.1, -0.05) is 29.8 Å². The minimum absolute atomic E-state index is 0.0692. The van der Waals surface area contributed by atoms with Gasteiger partial charge >= 0.3 is 6.36 Å². The van der Waals surface area contributed by atoms with Crippen LogP contribution in [0, 0.1) is 5.41 Å². The minimum atomic E-state index is -4.83. The van der Waals surface area contributed by atoms with Gasteiger partial charge in [-0.2, -0.15) is 0 Å². The van der Waals surface area contributed by atoms with Gasteiger partial charge in [-0.25, -0.2) is 0 Å². The van der Waals surface area contributed by atoms with Gasteiger partial charge < -0.3 is 9.64 Å². The molecular weight excluding hydrogens is 363 g/mol. The van der Waals surface area contributed by atoms with Crippen LogP contribution in [0.5, 0.6) is 5.75 Å². The van der Waals surface area contributed by atoms with Crippen molar-refractivity contribution in [1.82, 2.24) is 4.90 Å². The highest BCUT2D eigenvalue weighted by Crippen LogP contribution is 2.33. The molecule has 0 aromatic heterocycles. The van der Waals surface area contributed by atoms with Crippen molar-refractivity contribution in [3.05, 3.63) is 28.2 Å². The summed E-state index contributed by atoms with van der Waals surface area (Å²) in [6.45, 7) is 5.31. The van der Waals surface area contributed by atoms with E-state index < -0.39 is 18.0 Å². The van der Waals surface area contributed by atoms with Crippen molar-refractivity contribution in [2.45, 2.75) is 33.1 Å². The van der Waals surface area contributed by atoms with E-state index in [0.717, 1.165) is 18.9 Å². The van der Waals surface area contributed by atoms with Crippen LogP contribution in [0.4, 0.5) is 13.2 Å². The second-order valence-corrected chi connectivity index (χ2v) is 7.06. The largest absolute Gasteiger partial charge is 0.573 e. The molecule has 122 valence electrons. The fourth-order valence-electron chi connectivity index (χ4n) is 2.37. The summed E-state index contributed by atoms with van der Waals surface area (Å²) in [6.07, 6.45) is -3.19. The SMILES string of the molecule is CC1(C)CCN(C(=O)c2ccc(Br)cc2OC(F)(F)F)CC1. The molecule has 0 bridgehead atoms. The van der Waals surface area contributed by atoms with E-state index in [0.29, 0.717) is 17.6 Å². The summed E-state index contributed by atoms with van der Waals surface area (Å²) in [4.78, 5) is 14.1. The van der Waals surface area contributed by atoms with E-state index in [-0.39, 0.29) is 11.0 Å². The number of carbonyl (C=O) groups excluding carboxylic acids is 1. The van der Waals surface area contributed by atoms with Crippen LogP contribution in [0.3, 0.4) is 0 Å². The first kappa shape index (κ1) is 17.1. The van der Waals surface area contributed by atoms with Gasteiger partial charge in [-0.15, -0.1) is 13.2 Å². The standard InChI is InChI=1S/C15H17BrF3NO2/c1-14(2)5-7-20(8-6-14)13(21)11-4-3-10(16)9-12(11)22-15(17,18)19/h3-4,9H,5-8H2,1-2H3. The number of alkyl halides is 3. The van der Waals surface area contributed by atoms with E-state index in [1.807, 2.05) is 0 Å². The normalized spacial score (nSPS) is 18.2. The Morgan fingerprint density at radius 3 is 2.41 bits per heavy atom. The highest BCUT2D eigenvalue weighted by molar-refractivity contribution is 9.10. The molecule has 1 aliphatic heterocycles. The minimum Gasteiger partial charge on any atom is -0.405 e. The average molecular weight is 380 g/mol. The van der Waals surface area contributed by atoms with Crippen molar-refractivity contribution in [2.75, 3.05) is 13.1 Å². The molecule has 0 aliphatic carbocycles. The molecule has 1 amide bonds. The van der Waals surface area contributed by atoms with Crippen molar-refractivity contribution >= 4 is 21.8 Å². The first-order valence-corrected chi connectivity index (χ1v) is 7.71. The molecule has 7 heteroatoms. The van der Waals surface area contributed by atoms with Crippen LogP contribution in [0.15, 0.2) is 22.7 Å². The Balaban J connectivity index is 2.22. The zero-order valence-corrected chi connectivity index (χ0v) is 13.9. The molecule has 0 N–H and O–H groups in total. The number of halogens is 4. The van der Waals surface area contributed by atoms with Gasteiger partial charge in [-0.3, -0.25) is 4.79 Å². The molecule has 3 nitrogen and oxygen atoms in total. The Labute approximate surface area is 135 Å². The van der Waals surface area contributed by atoms with Crippen LogP contribution in [0.1, 0.15) is 37.0 Å². The zero-order valence-electron chi connectivity index (χ0n) is 12.3. The fourth-order valence-corrected chi connectivity index (χ4v) is 2.71. The molecule has 0 radical (unpaired) electrons. The third-order valence-electron chi connectivity index (χ3n) is 3.80. The van der Waals surface area contributed by atoms with Crippen molar-refractivity contribution in [3.63, 3.8) is 0 Å². The van der Waals surface area contributed by atoms with Crippen molar-refractivity contribution < 1.29 is 22.7 Å². The van der Waals surface area contributed by atoms with E-state index in [9.17, 15) is 18.0 Å². The monoisotopic (exact) mass is 379 g/mol. The molecule has 1 aliphatic rings. The molecule has 1 aromatic rings. The molecule has 2 rings (SSSR count). The van der Waals surface area contributed by atoms with E-state index in [1.54, 1.807) is 4.90 Å². The summed E-state index contributed by atoms with van der Waals surface area (Å²) < 4.78 is 41.9. The number of hydrogen-bond donors (Lipinski definition) is 0. The lowest BCUT2D eigenvalue weighted by molar-refractivity contribution is -0.274. The fraction of sp³-hybridized carbons (Fsp3) is 0.533. The number of hydrogen-bond acceptors (Lipinski definition) is 2. The number of likely N-dealkylation sites (tertiary alicyclic amines) is 1. The van der Waals surface area contributed by atoms with Crippen LogP contribution in [0.25, 0.3) is 0 Å². The summed E-state index contributed by atoms with van der Waals surface area (Å²) in [5, 5.41) is 0. The maximum absolute atomic E-state index is 12.5. The first-order valence-electron chi connectivity index (χ1n) is 6.92. The maximum Gasteiger partial charge on any atom is 0.573 e. The van der Waals surface area contributed by atoms with E-state index in [4.69, 9.17) is 0 Å². The molecule has 1 saturated heterocycles. The van der Waals surface area contributed by atoms with Crippen LogP contribution in [-0.4, -0.2) is 30.3 Å². The van der Waals surface area contributed by atoms with Gasteiger partial charge in [0.2, 0.25) is 0 Å². The lowest BCUT2D eigenvalue weighted by atomic mass is 9.82. The molecule has 0 saturated carbocycles. The summed E-state index contributed by atoms with van der Waals surface area (Å²) in [7, 11) is 0. The van der Waals surface area contributed by atoms with Gasteiger partial charge in [-0.05, 0) is 36.5 Å². The van der Waals surface area contributed by atoms with Gasteiger partial charge in [0.15, 0.2) is 0 Å².